The Morgan fingerprint density at radius 2 is 1.89 bits per heavy atom. The van der Waals surface area contributed by atoms with E-state index in [1.165, 1.54) is 16.8 Å². The predicted octanol–water partition coefficient (Wildman–Crippen LogP) is 2.98. The van der Waals surface area contributed by atoms with Gasteiger partial charge in [-0.25, -0.2) is 0 Å². The second kappa shape index (κ2) is 6.92. The van der Waals surface area contributed by atoms with Crippen LogP contribution in [0.2, 0.25) is 0 Å². The molecule has 0 saturated carbocycles. The first-order valence-electron chi connectivity index (χ1n) is 6.57. The van der Waals surface area contributed by atoms with Gasteiger partial charge in [-0.15, -0.1) is 0 Å². The van der Waals surface area contributed by atoms with Crippen molar-refractivity contribution in [3.05, 3.63) is 65.5 Å². The average molecular weight is 240 g/mol. The van der Waals surface area contributed by atoms with Gasteiger partial charge in [-0.05, 0) is 36.6 Å². The zero-order chi connectivity index (χ0) is 12.6. The maximum atomic E-state index is 4.43. The molecule has 1 N–H and O–H groups in total. The van der Waals surface area contributed by atoms with Crippen LogP contribution in [0.1, 0.15) is 23.7 Å². The molecule has 0 spiro atoms. The van der Waals surface area contributed by atoms with Gasteiger partial charge in [0.05, 0.1) is 5.69 Å². The standard InChI is InChI=1S/C16H20N2/c1-2-15-9-6-11-18-16(15)13-17-12-10-14-7-4-3-5-8-14/h3-9,11,17H,2,10,12-13H2,1H3. The number of aromatic nitrogens is 1. The number of nitrogens with one attached hydrogen (secondary N) is 1. The fourth-order valence-electron chi connectivity index (χ4n) is 2.04. The molecule has 0 fully saturated rings. The van der Waals surface area contributed by atoms with Crippen molar-refractivity contribution in [1.82, 2.24) is 10.3 Å². The first-order chi connectivity index (χ1) is 8.90. The Hall–Kier alpha value is -1.67. The van der Waals surface area contributed by atoms with Crippen molar-refractivity contribution in [2.75, 3.05) is 6.54 Å². The maximum absolute atomic E-state index is 4.43. The number of hydrogen-bond donors (Lipinski definition) is 1. The minimum absolute atomic E-state index is 0.858. The molecule has 18 heavy (non-hydrogen) atoms. The molecule has 0 aliphatic carbocycles. The lowest BCUT2D eigenvalue weighted by Gasteiger charge is -2.08. The Labute approximate surface area is 109 Å². The van der Waals surface area contributed by atoms with E-state index in [4.69, 9.17) is 0 Å². The van der Waals surface area contributed by atoms with Crippen LogP contribution in [0.15, 0.2) is 48.7 Å². The van der Waals surface area contributed by atoms with Crippen LogP contribution < -0.4 is 5.32 Å². The zero-order valence-electron chi connectivity index (χ0n) is 10.9. The third-order valence-electron chi connectivity index (χ3n) is 3.09. The summed E-state index contributed by atoms with van der Waals surface area (Å²) in [6, 6.07) is 14.7. The van der Waals surface area contributed by atoms with E-state index in [-0.39, 0.29) is 0 Å². The molecule has 0 aliphatic heterocycles. The first kappa shape index (κ1) is 12.8. The molecule has 0 radical (unpaired) electrons. The summed E-state index contributed by atoms with van der Waals surface area (Å²) in [5.74, 6) is 0. The average Bonchev–Trinajstić information content (AvgIpc) is 2.45. The van der Waals surface area contributed by atoms with Crippen molar-refractivity contribution in [2.24, 2.45) is 0 Å². The normalized spacial score (nSPS) is 10.5. The molecule has 2 rings (SSSR count). The molecule has 1 aromatic carbocycles. The molecule has 0 saturated heterocycles. The fourth-order valence-corrected chi connectivity index (χ4v) is 2.04. The summed E-state index contributed by atoms with van der Waals surface area (Å²) < 4.78 is 0. The molecule has 1 aromatic heterocycles. The summed E-state index contributed by atoms with van der Waals surface area (Å²) in [6.07, 6.45) is 3.98. The lowest BCUT2D eigenvalue weighted by Crippen LogP contribution is -2.18. The highest BCUT2D eigenvalue weighted by Crippen LogP contribution is 2.05. The number of rotatable bonds is 6. The van der Waals surface area contributed by atoms with Crippen LogP contribution in [0, 0.1) is 0 Å². The van der Waals surface area contributed by atoms with Gasteiger partial charge in [0.2, 0.25) is 0 Å². The third-order valence-corrected chi connectivity index (χ3v) is 3.09. The molecule has 2 nitrogen and oxygen atoms in total. The summed E-state index contributed by atoms with van der Waals surface area (Å²) in [7, 11) is 0. The smallest absolute Gasteiger partial charge is 0.0573 e. The highest BCUT2D eigenvalue weighted by molar-refractivity contribution is 5.19. The minimum atomic E-state index is 0.858. The summed E-state index contributed by atoms with van der Waals surface area (Å²) in [5.41, 5.74) is 3.89. The Morgan fingerprint density at radius 3 is 2.67 bits per heavy atom. The Bertz CT molecular complexity index is 466. The van der Waals surface area contributed by atoms with Crippen molar-refractivity contribution in [3.63, 3.8) is 0 Å². The molecule has 0 bridgehead atoms. The van der Waals surface area contributed by atoms with Crippen molar-refractivity contribution in [1.29, 1.82) is 0 Å². The van der Waals surface area contributed by atoms with E-state index in [0.29, 0.717) is 0 Å². The van der Waals surface area contributed by atoms with Crippen LogP contribution in [0.3, 0.4) is 0 Å². The van der Waals surface area contributed by atoms with Crippen molar-refractivity contribution < 1.29 is 0 Å². The van der Waals surface area contributed by atoms with Gasteiger partial charge in [-0.1, -0.05) is 43.3 Å². The van der Waals surface area contributed by atoms with Gasteiger partial charge >= 0.3 is 0 Å². The molecule has 2 aromatic rings. The monoisotopic (exact) mass is 240 g/mol. The van der Waals surface area contributed by atoms with Crippen molar-refractivity contribution in [2.45, 2.75) is 26.3 Å². The molecule has 94 valence electrons. The molecule has 0 unspecified atom stereocenters. The molecular formula is C16H20N2. The van der Waals surface area contributed by atoms with Gasteiger partial charge in [-0.2, -0.15) is 0 Å². The van der Waals surface area contributed by atoms with Gasteiger partial charge in [-0.3, -0.25) is 4.98 Å². The minimum Gasteiger partial charge on any atom is -0.311 e. The van der Waals surface area contributed by atoms with E-state index < -0.39 is 0 Å². The molecule has 0 atom stereocenters. The van der Waals surface area contributed by atoms with Gasteiger partial charge < -0.3 is 5.32 Å². The largest absolute Gasteiger partial charge is 0.311 e. The summed E-state index contributed by atoms with van der Waals surface area (Å²) in [5, 5.41) is 3.46. The summed E-state index contributed by atoms with van der Waals surface area (Å²) in [4.78, 5) is 4.43. The van der Waals surface area contributed by atoms with E-state index in [2.05, 4.69) is 53.6 Å². The maximum Gasteiger partial charge on any atom is 0.0573 e. The van der Waals surface area contributed by atoms with Crippen LogP contribution in [0.25, 0.3) is 0 Å². The second-order valence-electron chi connectivity index (χ2n) is 4.38. The summed E-state index contributed by atoms with van der Waals surface area (Å²) >= 11 is 0. The topological polar surface area (TPSA) is 24.9 Å². The van der Waals surface area contributed by atoms with Crippen LogP contribution >= 0.6 is 0 Å². The van der Waals surface area contributed by atoms with E-state index in [1.54, 1.807) is 0 Å². The van der Waals surface area contributed by atoms with Crippen LogP contribution in [-0.2, 0) is 19.4 Å². The van der Waals surface area contributed by atoms with Gasteiger partial charge in [0.25, 0.3) is 0 Å². The number of nitrogens with zero attached hydrogens (tertiary/aromatic N) is 1. The highest BCUT2D eigenvalue weighted by atomic mass is 14.9. The van der Waals surface area contributed by atoms with E-state index in [1.807, 2.05) is 12.3 Å². The SMILES string of the molecule is CCc1cccnc1CNCCc1ccccc1. The second-order valence-corrected chi connectivity index (χ2v) is 4.38. The Morgan fingerprint density at radius 1 is 1.06 bits per heavy atom. The van der Waals surface area contributed by atoms with Gasteiger partial charge in [0.1, 0.15) is 0 Å². The summed E-state index contributed by atoms with van der Waals surface area (Å²) in [6.45, 7) is 4.02. The first-order valence-corrected chi connectivity index (χ1v) is 6.57. The molecular weight excluding hydrogens is 220 g/mol. The number of hydrogen-bond acceptors (Lipinski definition) is 2. The molecule has 2 heteroatoms. The lowest BCUT2D eigenvalue weighted by molar-refractivity contribution is 0.669. The molecule has 0 aliphatic rings. The number of benzene rings is 1. The predicted molar refractivity (Wildman–Crippen MR) is 75.5 cm³/mol. The van der Waals surface area contributed by atoms with E-state index in [0.717, 1.165) is 25.9 Å². The van der Waals surface area contributed by atoms with Crippen LogP contribution in [0.4, 0.5) is 0 Å². The fraction of sp³-hybridized carbons (Fsp3) is 0.312. The number of aryl methyl sites for hydroxylation is 1. The Balaban J connectivity index is 1.78. The molecule has 0 amide bonds. The van der Waals surface area contributed by atoms with E-state index in [9.17, 15) is 0 Å². The van der Waals surface area contributed by atoms with Crippen molar-refractivity contribution >= 4 is 0 Å². The van der Waals surface area contributed by atoms with E-state index >= 15 is 0 Å². The third kappa shape index (κ3) is 3.67. The molecule has 1 heterocycles. The van der Waals surface area contributed by atoms with Crippen molar-refractivity contribution in [3.8, 4) is 0 Å². The zero-order valence-corrected chi connectivity index (χ0v) is 10.9. The van der Waals surface area contributed by atoms with Gasteiger partial charge in [0.15, 0.2) is 0 Å². The number of pyridine rings is 1. The Kier molecular flexibility index (Phi) is 4.91. The van der Waals surface area contributed by atoms with Gasteiger partial charge in [0, 0.05) is 12.7 Å². The van der Waals surface area contributed by atoms with Crippen LogP contribution in [-0.4, -0.2) is 11.5 Å². The van der Waals surface area contributed by atoms with Crippen LogP contribution in [0.5, 0.6) is 0 Å². The lowest BCUT2D eigenvalue weighted by atomic mass is 10.1. The quantitative estimate of drug-likeness (QED) is 0.785. The highest BCUT2D eigenvalue weighted by Gasteiger charge is 2.00.